The first-order valence-electron chi connectivity index (χ1n) is 12.4. The van der Waals surface area contributed by atoms with E-state index in [1.54, 1.807) is 0 Å². The summed E-state index contributed by atoms with van der Waals surface area (Å²) in [6.45, 7) is 0. The van der Waals surface area contributed by atoms with E-state index in [0.717, 1.165) is 60.7 Å². The highest BCUT2D eigenvalue weighted by atomic mass is 32.2. The average molecular weight is 719 g/mol. The lowest BCUT2D eigenvalue weighted by Crippen LogP contribution is -2.44. The fourth-order valence-electron chi connectivity index (χ4n) is 3.64. The molecule has 0 unspecified atom stereocenters. The number of rotatable bonds is 10. The largest absolute Gasteiger partial charge is 0.469 e. The Morgan fingerprint density at radius 1 is 0.383 bits per heavy atom. The van der Waals surface area contributed by atoms with E-state index in [0.29, 0.717) is 12.1 Å². The van der Waals surface area contributed by atoms with Crippen LogP contribution in [0.25, 0.3) is 0 Å². The first-order chi connectivity index (χ1) is 21.6. The summed E-state index contributed by atoms with van der Waals surface area (Å²) < 4.78 is 196. The standard InChI is InChI=1S/C28H16F10O7S2/c29-25(30,31)27(35,36)46(39,40)23-7-3-1-5-21(23)44-19-13-9-17(10-14-19)43-18-11-15-20(16-12-18)45-22-6-2-4-8-24(22)47(41,42)28(37,38)26(32,33)34/h1-16H. The molecule has 47 heavy (non-hydrogen) atoms. The van der Waals surface area contributed by atoms with Gasteiger partial charge in [0.05, 0.1) is 0 Å². The molecule has 0 aliphatic carbocycles. The van der Waals surface area contributed by atoms with Gasteiger partial charge in [0.15, 0.2) is 0 Å². The molecule has 4 rings (SSSR count). The second-order valence-corrected chi connectivity index (χ2v) is 13.1. The number of sulfone groups is 2. The van der Waals surface area contributed by atoms with Crippen LogP contribution in [0.5, 0.6) is 34.5 Å². The summed E-state index contributed by atoms with van der Waals surface area (Å²) in [6.07, 6.45) is -12.8. The maximum atomic E-state index is 13.8. The molecule has 0 bridgehead atoms. The Bertz CT molecular complexity index is 1820. The van der Waals surface area contributed by atoms with Crippen LogP contribution in [0.3, 0.4) is 0 Å². The van der Waals surface area contributed by atoms with Gasteiger partial charge in [0.1, 0.15) is 44.3 Å². The smallest absolute Gasteiger partial charge is 0.457 e. The highest BCUT2D eigenvalue weighted by Gasteiger charge is 2.69. The summed E-state index contributed by atoms with van der Waals surface area (Å²) in [7, 11) is -12.5. The van der Waals surface area contributed by atoms with Gasteiger partial charge in [-0.1, -0.05) is 24.3 Å². The molecule has 0 saturated carbocycles. The zero-order valence-corrected chi connectivity index (χ0v) is 24.3. The zero-order chi connectivity index (χ0) is 35.1. The lowest BCUT2D eigenvalue weighted by atomic mass is 10.3. The van der Waals surface area contributed by atoms with E-state index < -0.39 is 63.8 Å². The van der Waals surface area contributed by atoms with Gasteiger partial charge in [-0.15, -0.1) is 0 Å². The van der Waals surface area contributed by atoms with Crippen molar-refractivity contribution in [2.24, 2.45) is 0 Å². The highest BCUT2D eigenvalue weighted by Crippen LogP contribution is 2.47. The molecule has 19 heteroatoms. The van der Waals surface area contributed by atoms with Crippen molar-refractivity contribution >= 4 is 19.7 Å². The van der Waals surface area contributed by atoms with Crippen LogP contribution in [0.2, 0.25) is 0 Å². The molecule has 4 aromatic carbocycles. The molecule has 0 aromatic heterocycles. The van der Waals surface area contributed by atoms with Gasteiger partial charge in [-0.3, -0.25) is 0 Å². The fraction of sp³-hybridized carbons (Fsp3) is 0.143. The SMILES string of the molecule is O=S(=O)(c1ccccc1Oc1ccc(Oc2ccc(Oc3ccccc3S(=O)(=O)C(F)(F)C(F)(F)F)cc2)cc1)C(F)(F)C(F)(F)F. The molecule has 0 aliphatic heterocycles. The second kappa shape index (κ2) is 12.3. The Kier molecular flexibility index (Phi) is 9.21. The minimum atomic E-state index is -6.40. The summed E-state index contributed by atoms with van der Waals surface area (Å²) in [5.41, 5.74) is 0. The van der Waals surface area contributed by atoms with Crippen molar-refractivity contribution in [3.05, 3.63) is 97.1 Å². The van der Waals surface area contributed by atoms with Gasteiger partial charge in [-0.05, 0) is 72.8 Å². The molecule has 0 saturated heterocycles. The molecule has 0 aliphatic rings. The Hall–Kier alpha value is -4.52. The zero-order valence-electron chi connectivity index (χ0n) is 22.7. The van der Waals surface area contributed by atoms with E-state index in [1.165, 1.54) is 24.3 Å². The van der Waals surface area contributed by atoms with Gasteiger partial charge in [0, 0.05) is 0 Å². The van der Waals surface area contributed by atoms with E-state index >= 15 is 0 Å². The summed E-state index contributed by atoms with van der Waals surface area (Å²) in [6, 6.07) is 16.5. The first kappa shape index (κ1) is 35.3. The normalized spacial score (nSPS) is 13.2. The molecule has 0 N–H and O–H groups in total. The van der Waals surface area contributed by atoms with Gasteiger partial charge in [-0.25, -0.2) is 16.8 Å². The van der Waals surface area contributed by atoms with E-state index in [4.69, 9.17) is 14.2 Å². The Morgan fingerprint density at radius 2 is 0.638 bits per heavy atom. The van der Waals surface area contributed by atoms with Crippen LogP contribution < -0.4 is 14.2 Å². The van der Waals surface area contributed by atoms with Crippen molar-refractivity contribution < 1.29 is 75.0 Å². The quantitative estimate of drug-likeness (QED) is 0.151. The maximum absolute atomic E-state index is 13.8. The van der Waals surface area contributed by atoms with Gasteiger partial charge in [-0.2, -0.15) is 43.9 Å². The van der Waals surface area contributed by atoms with Crippen molar-refractivity contribution in [2.45, 2.75) is 32.7 Å². The number of benzene rings is 4. The number of halogens is 10. The predicted octanol–water partition coefficient (Wildman–Crippen LogP) is 8.92. The van der Waals surface area contributed by atoms with Crippen molar-refractivity contribution in [3.8, 4) is 34.5 Å². The van der Waals surface area contributed by atoms with Gasteiger partial charge in [0.2, 0.25) is 0 Å². The topological polar surface area (TPSA) is 96.0 Å². The summed E-state index contributed by atoms with van der Waals surface area (Å²) in [5, 5.41) is -12.2. The Labute approximate surface area is 258 Å². The van der Waals surface area contributed by atoms with E-state index in [2.05, 4.69) is 0 Å². The van der Waals surface area contributed by atoms with Crippen molar-refractivity contribution in [1.82, 2.24) is 0 Å². The molecule has 0 heterocycles. The van der Waals surface area contributed by atoms with Crippen LogP contribution in [-0.2, 0) is 19.7 Å². The van der Waals surface area contributed by atoms with Gasteiger partial charge in [0.25, 0.3) is 19.7 Å². The molecule has 4 aromatic rings. The van der Waals surface area contributed by atoms with Crippen molar-refractivity contribution in [1.29, 1.82) is 0 Å². The van der Waals surface area contributed by atoms with E-state index in [-0.39, 0.29) is 23.0 Å². The molecule has 0 radical (unpaired) electrons. The predicted molar refractivity (Wildman–Crippen MR) is 142 cm³/mol. The molecule has 7 nitrogen and oxygen atoms in total. The highest BCUT2D eigenvalue weighted by molar-refractivity contribution is 7.93. The van der Waals surface area contributed by atoms with Gasteiger partial charge >= 0.3 is 22.9 Å². The maximum Gasteiger partial charge on any atom is 0.469 e. The first-order valence-corrected chi connectivity index (χ1v) is 15.4. The summed E-state index contributed by atoms with van der Waals surface area (Å²) in [5.74, 6) is -1.86. The third kappa shape index (κ3) is 6.80. The molecule has 0 spiro atoms. The van der Waals surface area contributed by atoms with E-state index in [9.17, 15) is 60.7 Å². The summed E-state index contributed by atoms with van der Waals surface area (Å²) >= 11 is 0. The third-order valence-electron chi connectivity index (χ3n) is 5.95. The average Bonchev–Trinajstić information content (AvgIpc) is 2.98. The lowest BCUT2D eigenvalue weighted by Gasteiger charge is -2.21. The Balaban J connectivity index is 1.48. The van der Waals surface area contributed by atoms with Gasteiger partial charge < -0.3 is 14.2 Å². The summed E-state index contributed by atoms with van der Waals surface area (Å²) in [4.78, 5) is -2.83. The number of para-hydroxylation sites is 2. The molecule has 252 valence electrons. The monoisotopic (exact) mass is 718 g/mol. The van der Waals surface area contributed by atoms with Crippen LogP contribution in [0.1, 0.15) is 0 Å². The third-order valence-corrected chi connectivity index (χ3v) is 9.60. The lowest BCUT2D eigenvalue weighted by molar-refractivity contribution is -0.241. The molecular weight excluding hydrogens is 702 g/mol. The van der Waals surface area contributed by atoms with Crippen LogP contribution in [0.15, 0.2) is 107 Å². The molecule has 0 fully saturated rings. The van der Waals surface area contributed by atoms with Crippen LogP contribution in [0, 0.1) is 0 Å². The number of ether oxygens (including phenoxy) is 3. The fourth-order valence-corrected chi connectivity index (χ4v) is 6.06. The van der Waals surface area contributed by atoms with Crippen molar-refractivity contribution in [3.63, 3.8) is 0 Å². The number of hydrogen-bond acceptors (Lipinski definition) is 7. The number of hydrogen-bond donors (Lipinski definition) is 0. The van der Waals surface area contributed by atoms with Crippen LogP contribution >= 0.6 is 0 Å². The van der Waals surface area contributed by atoms with Crippen LogP contribution in [-0.4, -0.2) is 39.7 Å². The Morgan fingerprint density at radius 3 is 0.915 bits per heavy atom. The number of alkyl halides is 10. The molecular formula is C28H16F10O7S2. The van der Waals surface area contributed by atoms with Crippen molar-refractivity contribution in [2.75, 3.05) is 0 Å². The van der Waals surface area contributed by atoms with E-state index in [1.807, 2.05) is 0 Å². The minimum absolute atomic E-state index is 0.0846. The minimum Gasteiger partial charge on any atom is -0.457 e. The molecule has 0 amide bonds. The second-order valence-electron chi connectivity index (χ2n) is 9.18. The molecule has 0 atom stereocenters. The van der Waals surface area contributed by atoms with Crippen LogP contribution in [0.4, 0.5) is 43.9 Å².